The first-order chi connectivity index (χ1) is 11.2. The number of anilines is 1. The van der Waals surface area contributed by atoms with Crippen molar-refractivity contribution in [2.45, 2.75) is 39.2 Å². The van der Waals surface area contributed by atoms with E-state index >= 15 is 0 Å². The van der Waals surface area contributed by atoms with Gasteiger partial charge >= 0.3 is 0 Å². The second kappa shape index (κ2) is 7.74. The quantitative estimate of drug-likeness (QED) is 0.797. The average molecular weight is 373 g/mol. The van der Waals surface area contributed by atoms with E-state index in [0.29, 0.717) is 36.1 Å². The maximum atomic E-state index is 13.0. The molecular weight excluding hydrogens is 348 g/mol. The molecule has 1 aliphatic heterocycles. The van der Waals surface area contributed by atoms with Crippen LogP contribution in [0.3, 0.4) is 0 Å². The van der Waals surface area contributed by atoms with Crippen LogP contribution in [0.1, 0.15) is 33.1 Å². The van der Waals surface area contributed by atoms with Crippen molar-refractivity contribution >= 4 is 33.2 Å². The zero-order chi connectivity index (χ0) is 17.9. The Balaban J connectivity index is 2.32. The lowest BCUT2D eigenvalue weighted by Gasteiger charge is -2.37. The average Bonchev–Trinajstić information content (AvgIpc) is 2.52. The highest BCUT2D eigenvalue weighted by Crippen LogP contribution is 2.26. The third kappa shape index (κ3) is 4.42. The van der Waals surface area contributed by atoms with Crippen LogP contribution >= 0.6 is 11.6 Å². The zero-order valence-electron chi connectivity index (χ0n) is 14.4. The molecule has 0 bridgehead atoms. The van der Waals surface area contributed by atoms with Gasteiger partial charge in [-0.1, -0.05) is 25.4 Å². The van der Waals surface area contributed by atoms with Gasteiger partial charge in [0.2, 0.25) is 15.9 Å². The van der Waals surface area contributed by atoms with E-state index in [4.69, 9.17) is 11.6 Å². The van der Waals surface area contributed by atoms with E-state index in [9.17, 15) is 13.2 Å². The minimum Gasteiger partial charge on any atom is -0.341 e. The molecule has 0 spiro atoms. The van der Waals surface area contributed by atoms with Crippen molar-refractivity contribution in [2.75, 3.05) is 23.7 Å². The Morgan fingerprint density at radius 3 is 2.29 bits per heavy atom. The highest BCUT2D eigenvalue weighted by molar-refractivity contribution is 7.92. The zero-order valence-corrected chi connectivity index (χ0v) is 16.0. The van der Waals surface area contributed by atoms with Crippen molar-refractivity contribution in [3.63, 3.8) is 0 Å². The molecule has 1 aromatic rings. The minimum atomic E-state index is -3.59. The van der Waals surface area contributed by atoms with Gasteiger partial charge in [-0.2, -0.15) is 0 Å². The van der Waals surface area contributed by atoms with Crippen LogP contribution in [-0.2, 0) is 14.8 Å². The van der Waals surface area contributed by atoms with Crippen molar-refractivity contribution in [3.05, 3.63) is 29.3 Å². The number of halogens is 1. The molecule has 1 aliphatic rings. The summed E-state index contributed by atoms with van der Waals surface area (Å²) in [5.41, 5.74) is 0.465. The second-order valence-electron chi connectivity index (χ2n) is 6.47. The van der Waals surface area contributed by atoms with E-state index in [-0.39, 0.29) is 5.91 Å². The smallest absolute Gasteiger partial charge is 0.246 e. The van der Waals surface area contributed by atoms with Crippen LogP contribution in [0.2, 0.25) is 5.02 Å². The van der Waals surface area contributed by atoms with Gasteiger partial charge in [-0.25, -0.2) is 8.42 Å². The molecule has 134 valence electrons. The maximum Gasteiger partial charge on any atom is 0.246 e. The summed E-state index contributed by atoms with van der Waals surface area (Å²) in [6.07, 6.45) is 3.47. The number of likely N-dealkylation sites (tertiary alicyclic amines) is 1. The van der Waals surface area contributed by atoms with Gasteiger partial charge in [0.15, 0.2) is 0 Å². The first kappa shape index (κ1) is 19.1. The van der Waals surface area contributed by atoms with E-state index in [1.165, 1.54) is 4.31 Å². The molecule has 7 heteroatoms. The lowest BCUT2D eigenvalue weighted by atomic mass is 9.98. The summed E-state index contributed by atoms with van der Waals surface area (Å²) in [4.78, 5) is 14.8. The molecule has 1 fully saturated rings. The third-order valence-electron chi connectivity index (χ3n) is 4.49. The third-order valence-corrected chi connectivity index (χ3v) is 5.92. The van der Waals surface area contributed by atoms with Crippen LogP contribution in [-0.4, -0.2) is 44.6 Å². The molecule has 24 heavy (non-hydrogen) atoms. The van der Waals surface area contributed by atoms with E-state index in [1.807, 2.05) is 6.92 Å². The predicted octanol–water partition coefficient (Wildman–Crippen LogP) is 3.14. The number of carbonyl (C=O) groups excluding carboxylic acids is 1. The van der Waals surface area contributed by atoms with Gasteiger partial charge in [-0.15, -0.1) is 0 Å². The molecule has 0 N–H and O–H groups in total. The molecule has 1 amide bonds. The topological polar surface area (TPSA) is 57.7 Å². The molecular formula is C17H25ClN2O3S. The van der Waals surface area contributed by atoms with E-state index in [0.717, 1.165) is 19.1 Å². The molecule has 2 rings (SSSR count). The lowest BCUT2D eigenvalue weighted by Crippen LogP contribution is -2.52. The Bertz CT molecular complexity index is 668. The van der Waals surface area contributed by atoms with Crippen molar-refractivity contribution < 1.29 is 13.2 Å². The number of hydrogen-bond donors (Lipinski definition) is 0. The van der Waals surface area contributed by atoms with Crippen LogP contribution in [0, 0.1) is 5.92 Å². The molecule has 0 aliphatic carbocycles. The summed E-state index contributed by atoms with van der Waals surface area (Å²) in [5.74, 6) is 0.487. The van der Waals surface area contributed by atoms with Crippen molar-refractivity contribution in [3.8, 4) is 0 Å². The summed E-state index contributed by atoms with van der Waals surface area (Å²) >= 11 is 5.90. The highest BCUT2D eigenvalue weighted by atomic mass is 35.5. The van der Waals surface area contributed by atoms with E-state index in [2.05, 4.69) is 6.92 Å². The molecule has 0 radical (unpaired) electrons. The number of rotatable bonds is 5. The van der Waals surface area contributed by atoms with Crippen LogP contribution in [0.15, 0.2) is 24.3 Å². The van der Waals surface area contributed by atoms with Gasteiger partial charge < -0.3 is 4.90 Å². The summed E-state index contributed by atoms with van der Waals surface area (Å²) in [6, 6.07) is 5.81. The maximum absolute atomic E-state index is 13.0. The molecule has 5 nitrogen and oxygen atoms in total. The SMILES string of the molecule is CC[C@H](C(=O)N1CCC(C)CC1)N(c1ccc(Cl)cc1)S(C)(=O)=O. The fraction of sp³-hybridized carbons (Fsp3) is 0.588. The van der Waals surface area contributed by atoms with E-state index in [1.54, 1.807) is 29.2 Å². The number of sulfonamides is 1. The van der Waals surface area contributed by atoms with Crippen molar-refractivity contribution in [2.24, 2.45) is 5.92 Å². The Morgan fingerprint density at radius 1 is 1.29 bits per heavy atom. The van der Waals surface area contributed by atoms with E-state index < -0.39 is 16.1 Å². The standard InChI is InChI=1S/C17H25ClN2O3S/c1-4-16(17(21)19-11-9-13(2)10-12-19)20(24(3,22)23)15-7-5-14(18)6-8-15/h5-8,13,16H,4,9-12H2,1-3H3/t16-/m1/s1. The second-order valence-corrected chi connectivity index (χ2v) is 8.76. The molecule has 1 heterocycles. The van der Waals surface area contributed by atoms with Gasteiger partial charge in [0.1, 0.15) is 6.04 Å². The van der Waals surface area contributed by atoms with Crippen molar-refractivity contribution in [1.29, 1.82) is 0 Å². The number of carbonyl (C=O) groups is 1. The monoisotopic (exact) mass is 372 g/mol. The Kier molecular flexibility index (Phi) is 6.15. The summed E-state index contributed by atoms with van der Waals surface area (Å²) in [6.45, 7) is 5.39. The first-order valence-electron chi connectivity index (χ1n) is 8.27. The molecule has 1 aromatic carbocycles. The number of hydrogen-bond acceptors (Lipinski definition) is 3. The predicted molar refractivity (Wildman–Crippen MR) is 97.8 cm³/mol. The molecule has 0 unspecified atom stereocenters. The number of nitrogens with zero attached hydrogens (tertiary/aromatic N) is 2. The Hall–Kier alpha value is -1.27. The largest absolute Gasteiger partial charge is 0.341 e. The minimum absolute atomic E-state index is 0.121. The normalized spacial score (nSPS) is 17.6. The number of benzene rings is 1. The Labute approximate surface area is 149 Å². The fourth-order valence-electron chi connectivity index (χ4n) is 3.07. The van der Waals surface area contributed by atoms with Gasteiger partial charge in [0.05, 0.1) is 11.9 Å². The molecule has 1 atom stereocenters. The van der Waals surface area contributed by atoms with Gasteiger partial charge in [0.25, 0.3) is 0 Å². The molecule has 0 aromatic heterocycles. The lowest BCUT2D eigenvalue weighted by molar-refractivity contribution is -0.133. The molecule has 1 saturated heterocycles. The summed E-state index contributed by atoms with van der Waals surface area (Å²) in [7, 11) is -3.59. The first-order valence-corrected chi connectivity index (χ1v) is 10.5. The van der Waals surface area contributed by atoms with Gasteiger partial charge in [0, 0.05) is 18.1 Å². The summed E-state index contributed by atoms with van der Waals surface area (Å²) < 4.78 is 26.0. The Morgan fingerprint density at radius 2 is 1.83 bits per heavy atom. The van der Waals surface area contributed by atoms with Gasteiger partial charge in [-0.05, 0) is 49.4 Å². The highest BCUT2D eigenvalue weighted by Gasteiger charge is 2.35. The van der Waals surface area contributed by atoms with Gasteiger partial charge in [-0.3, -0.25) is 9.10 Å². The van der Waals surface area contributed by atoms with Crippen molar-refractivity contribution in [1.82, 2.24) is 4.90 Å². The van der Waals surface area contributed by atoms with Crippen LogP contribution in [0.4, 0.5) is 5.69 Å². The fourth-order valence-corrected chi connectivity index (χ4v) is 4.40. The summed E-state index contributed by atoms with van der Waals surface area (Å²) in [5, 5.41) is 0.525. The van der Waals surface area contributed by atoms with Crippen LogP contribution < -0.4 is 4.31 Å². The number of amides is 1. The molecule has 0 saturated carbocycles. The van der Waals surface area contributed by atoms with Crippen LogP contribution in [0.25, 0.3) is 0 Å². The van der Waals surface area contributed by atoms with Crippen LogP contribution in [0.5, 0.6) is 0 Å². The number of piperidine rings is 1.